The van der Waals surface area contributed by atoms with Gasteiger partial charge in [0.1, 0.15) is 6.04 Å². The van der Waals surface area contributed by atoms with Crippen molar-refractivity contribution in [2.75, 3.05) is 19.1 Å². The highest BCUT2D eigenvalue weighted by atomic mass is 32.2. The minimum Gasteiger partial charge on any atom is -0.467 e. The van der Waals surface area contributed by atoms with Crippen LogP contribution in [0.15, 0.2) is 0 Å². The van der Waals surface area contributed by atoms with Crippen LogP contribution >= 0.6 is 11.8 Å². The second-order valence-corrected chi connectivity index (χ2v) is 6.33. The van der Waals surface area contributed by atoms with Crippen molar-refractivity contribution in [2.24, 2.45) is 5.92 Å². The fraction of sp³-hybridized carbons (Fsp3) is 0.857. The molecule has 3 atom stereocenters. The highest BCUT2D eigenvalue weighted by Gasteiger charge is 2.25. The van der Waals surface area contributed by atoms with Crippen molar-refractivity contribution in [3.63, 3.8) is 0 Å². The number of rotatable bonds is 6. The summed E-state index contributed by atoms with van der Waals surface area (Å²) in [6, 6.07) is -0.616. The number of amides is 2. The van der Waals surface area contributed by atoms with Crippen LogP contribution in [0.5, 0.6) is 0 Å². The third-order valence-corrected chi connectivity index (χ3v) is 4.47. The van der Waals surface area contributed by atoms with Crippen LogP contribution in [-0.4, -0.2) is 43.2 Å². The molecule has 0 aromatic carbocycles. The van der Waals surface area contributed by atoms with Crippen LogP contribution in [0.3, 0.4) is 0 Å². The topological polar surface area (TPSA) is 67.4 Å². The molecule has 0 saturated heterocycles. The summed E-state index contributed by atoms with van der Waals surface area (Å²) in [4.78, 5) is 23.6. The zero-order valence-corrected chi connectivity index (χ0v) is 13.4. The predicted octanol–water partition coefficient (Wildman–Crippen LogP) is 2.16. The number of esters is 1. The third kappa shape index (κ3) is 5.61. The molecule has 1 fully saturated rings. The zero-order chi connectivity index (χ0) is 15.0. The number of methoxy groups -OCH3 is 1. The molecule has 0 aromatic heterocycles. The van der Waals surface area contributed by atoms with Crippen LogP contribution in [-0.2, 0) is 9.53 Å². The van der Waals surface area contributed by atoms with Gasteiger partial charge in [-0.15, -0.1) is 0 Å². The maximum Gasteiger partial charge on any atom is 0.328 e. The summed E-state index contributed by atoms with van der Waals surface area (Å²) in [5.74, 6) is 0.919. The van der Waals surface area contributed by atoms with E-state index in [-0.39, 0.29) is 18.0 Å². The monoisotopic (exact) mass is 302 g/mol. The lowest BCUT2D eigenvalue weighted by Gasteiger charge is -2.30. The highest BCUT2D eigenvalue weighted by Crippen LogP contribution is 2.23. The number of urea groups is 1. The van der Waals surface area contributed by atoms with Crippen molar-refractivity contribution in [3.05, 3.63) is 0 Å². The molecule has 2 N–H and O–H groups in total. The number of hydrogen-bond acceptors (Lipinski definition) is 4. The Labute approximate surface area is 125 Å². The van der Waals surface area contributed by atoms with E-state index in [1.54, 1.807) is 11.8 Å². The van der Waals surface area contributed by atoms with Crippen LogP contribution in [0.25, 0.3) is 0 Å². The Bertz CT molecular complexity index is 326. The Morgan fingerprint density at radius 3 is 2.65 bits per heavy atom. The van der Waals surface area contributed by atoms with Crippen molar-refractivity contribution >= 4 is 23.8 Å². The Morgan fingerprint density at radius 2 is 2.05 bits per heavy atom. The first kappa shape index (κ1) is 17.1. The normalized spacial score (nSPS) is 23.8. The minimum absolute atomic E-state index is 0.211. The lowest BCUT2D eigenvalue weighted by Crippen LogP contribution is -2.51. The molecular weight excluding hydrogens is 276 g/mol. The predicted molar refractivity (Wildman–Crippen MR) is 81.9 cm³/mol. The van der Waals surface area contributed by atoms with Crippen LogP contribution in [0.1, 0.15) is 39.0 Å². The standard InChI is InChI=1S/C14H26N2O3S/c1-10-6-4-5-7-11(10)15-14(18)16-12(8-9-20-3)13(17)19-2/h10-12H,4-9H2,1-3H3,(H2,15,16,18)/t10-,11+,12-/m1/s1. The summed E-state index contributed by atoms with van der Waals surface area (Å²) in [6.07, 6.45) is 7.11. The van der Waals surface area contributed by atoms with Gasteiger partial charge < -0.3 is 15.4 Å². The van der Waals surface area contributed by atoms with Gasteiger partial charge in [0.2, 0.25) is 0 Å². The van der Waals surface area contributed by atoms with Gasteiger partial charge in [-0.25, -0.2) is 9.59 Å². The highest BCUT2D eigenvalue weighted by molar-refractivity contribution is 7.98. The molecule has 0 bridgehead atoms. The molecule has 1 aliphatic carbocycles. The summed E-state index contributed by atoms with van der Waals surface area (Å²) >= 11 is 1.64. The number of thioether (sulfide) groups is 1. The Balaban J connectivity index is 2.45. The van der Waals surface area contributed by atoms with Crippen LogP contribution < -0.4 is 10.6 Å². The molecule has 0 radical (unpaired) electrons. The van der Waals surface area contributed by atoms with Gasteiger partial charge in [-0.3, -0.25) is 0 Å². The number of carbonyl (C=O) groups is 2. The van der Waals surface area contributed by atoms with Crippen LogP contribution in [0.4, 0.5) is 4.79 Å². The van der Waals surface area contributed by atoms with Crippen LogP contribution in [0, 0.1) is 5.92 Å². The maximum atomic E-state index is 12.0. The van der Waals surface area contributed by atoms with E-state index in [9.17, 15) is 9.59 Å². The van der Waals surface area contributed by atoms with Gasteiger partial charge in [-0.1, -0.05) is 19.8 Å². The quantitative estimate of drug-likeness (QED) is 0.738. The van der Waals surface area contributed by atoms with E-state index in [1.165, 1.54) is 13.5 Å². The Morgan fingerprint density at radius 1 is 1.35 bits per heavy atom. The van der Waals surface area contributed by atoms with E-state index < -0.39 is 6.04 Å². The molecule has 1 rings (SSSR count). The van der Waals surface area contributed by atoms with Crippen molar-refractivity contribution in [1.82, 2.24) is 10.6 Å². The first-order chi connectivity index (χ1) is 9.58. The second kappa shape index (κ2) is 9.10. The lowest BCUT2D eigenvalue weighted by atomic mass is 9.86. The smallest absolute Gasteiger partial charge is 0.328 e. The SMILES string of the molecule is COC(=O)[C@@H](CCSC)NC(=O)N[C@H]1CCCC[C@H]1C. The number of ether oxygens (including phenoxy) is 1. The van der Waals surface area contributed by atoms with E-state index in [2.05, 4.69) is 17.6 Å². The zero-order valence-electron chi connectivity index (χ0n) is 12.6. The lowest BCUT2D eigenvalue weighted by molar-refractivity contribution is -0.142. The molecule has 1 saturated carbocycles. The molecule has 116 valence electrons. The Hall–Kier alpha value is -0.910. The fourth-order valence-electron chi connectivity index (χ4n) is 2.53. The van der Waals surface area contributed by atoms with Gasteiger partial charge in [0.05, 0.1) is 7.11 Å². The minimum atomic E-state index is -0.564. The van der Waals surface area contributed by atoms with Gasteiger partial charge in [0.25, 0.3) is 0 Å². The van der Waals surface area contributed by atoms with Gasteiger partial charge >= 0.3 is 12.0 Å². The first-order valence-electron chi connectivity index (χ1n) is 7.22. The van der Waals surface area contributed by atoms with Gasteiger partial charge in [-0.05, 0) is 37.2 Å². The van der Waals surface area contributed by atoms with E-state index >= 15 is 0 Å². The van der Waals surface area contributed by atoms with E-state index in [0.717, 1.165) is 25.0 Å². The average Bonchev–Trinajstić information content (AvgIpc) is 2.45. The summed E-state index contributed by atoms with van der Waals surface area (Å²) in [5, 5.41) is 5.72. The molecular formula is C14H26N2O3S. The molecule has 0 heterocycles. The Kier molecular flexibility index (Phi) is 7.80. The van der Waals surface area contributed by atoms with E-state index in [0.29, 0.717) is 12.3 Å². The van der Waals surface area contributed by atoms with Crippen molar-refractivity contribution in [1.29, 1.82) is 0 Å². The average molecular weight is 302 g/mol. The number of nitrogens with one attached hydrogen (secondary N) is 2. The molecule has 0 unspecified atom stereocenters. The summed E-state index contributed by atoms with van der Waals surface area (Å²) < 4.78 is 4.73. The molecule has 5 nitrogen and oxygen atoms in total. The van der Waals surface area contributed by atoms with E-state index in [4.69, 9.17) is 4.74 Å². The fourth-order valence-corrected chi connectivity index (χ4v) is 3.00. The summed E-state index contributed by atoms with van der Waals surface area (Å²) in [6.45, 7) is 2.16. The number of carbonyl (C=O) groups excluding carboxylic acids is 2. The van der Waals surface area contributed by atoms with Crippen molar-refractivity contribution in [3.8, 4) is 0 Å². The van der Waals surface area contributed by atoms with Crippen molar-refractivity contribution in [2.45, 2.75) is 51.1 Å². The largest absolute Gasteiger partial charge is 0.467 e. The van der Waals surface area contributed by atoms with E-state index in [1.807, 2.05) is 6.26 Å². The third-order valence-electron chi connectivity index (χ3n) is 3.83. The molecule has 6 heteroatoms. The maximum absolute atomic E-state index is 12.0. The molecule has 0 spiro atoms. The number of hydrogen-bond donors (Lipinski definition) is 2. The summed E-state index contributed by atoms with van der Waals surface area (Å²) in [7, 11) is 1.34. The molecule has 2 amide bonds. The van der Waals surface area contributed by atoms with Gasteiger partial charge in [0.15, 0.2) is 0 Å². The van der Waals surface area contributed by atoms with Gasteiger partial charge in [0, 0.05) is 6.04 Å². The molecule has 20 heavy (non-hydrogen) atoms. The van der Waals surface area contributed by atoms with Crippen molar-refractivity contribution < 1.29 is 14.3 Å². The molecule has 1 aliphatic rings. The molecule has 0 aromatic rings. The molecule has 0 aliphatic heterocycles. The second-order valence-electron chi connectivity index (χ2n) is 5.34. The first-order valence-corrected chi connectivity index (χ1v) is 8.61. The van der Waals surface area contributed by atoms with Crippen LogP contribution in [0.2, 0.25) is 0 Å². The van der Waals surface area contributed by atoms with Gasteiger partial charge in [-0.2, -0.15) is 11.8 Å². The summed E-state index contributed by atoms with van der Waals surface area (Å²) in [5.41, 5.74) is 0.